The highest BCUT2D eigenvalue weighted by atomic mass is 16.1. The van der Waals surface area contributed by atoms with E-state index in [2.05, 4.69) is 25.6 Å². The number of hydrogen-bond donors (Lipinski definition) is 2. The van der Waals surface area contributed by atoms with Crippen molar-refractivity contribution in [1.82, 2.24) is 15.0 Å². The molecule has 2 N–H and O–H groups in total. The summed E-state index contributed by atoms with van der Waals surface area (Å²) in [7, 11) is 0. The number of nitrogens with zero attached hydrogens (tertiary/aromatic N) is 3. The maximum absolute atomic E-state index is 12.4. The molecule has 0 radical (unpaired) electrons. The molecule has 0 bridgehead atoms. The van der Waals surface area contributed by atoms with Crippen LogP contribution < -0.4 is 10.6 Å². The minimum atomic E-state index is -0.149. The smallest absolute Gasteiger partial charge is 0.255 e. The summed E-state index contributed by atoms with van der Waals surface area (Å²) in [5.74, 6) is 0.547. The van der Waals surface area contributed by atoms with Crippen molar-refractivity contribution in [1.29, 1.82) is 0 Å². The Hall–Kier alpha value is -4.06. The van der Waals surface area contributed by atoms with Crippen LogP contribution in [0.1, 0.15) is 15.9 Å². The summed E-state index contributed by atoms with van der Waals surface area (Å²) < 4.78 is 0. The zero-order valence-electron chi connectivity index (χ0n) is 15.8. The SMILES string of the molecule is Cc1ccc(NC(=O)c2ccccc2)cc1Nc1cc(-c2cncnc2)ccn1. The van der Waals surface area contributed by atoms with Crippen LogP contribution in [0.2, 0.25) is 0 Å². The summed E-state index contributed by atoms with van der Waals surface area (Å²) in [5.41, 5.74) is 5.11. The second kappa shape index (κ2) is 8.31. The van der Waals surface area contributed by atoms with Crippen molar-refractivity contribution in [2.24, 2.45) is 0 Å². The van der Waals surface area contributed by atoms with E-state index in [9.17, 15) is 4.79 Å². The molecule has 0 saturated heterocycles. The fourth-order valence-corrected chi connectivity index (χ4v) is 2.89. The van der Waals surface area contributed by atoms with Gasteiger partial charge < -0.3 is 10.6 Å². The Labute approximate surface area is 168 Å². The first kappa shape index (κ1) is 18.3. The third-order valence-electron chi connectivity index (χ3n) is 4.45. The number of rotatable bonds is 5. The molecule has 6 nitrogen and oxygen atoms in total. The van der Waals surface area contributed by atoms with E-state index in [4.69, 9.17) is 0 Å². The number of anilines is 3. The molecule has 6 heteroatoms. The highest BCUT2D eigenvalue weighted by Crippen LogP contribution is 2.26. The molecular formula is C23H19N5O. The Kier molecular flexibility index (Phi) is 5.25. The number of hydrogen-bond acceptors (Lipinski definition) is 5. The fraction of sp³-hybridized carbons (Fsp3) is 0.0435. The predicted octanol–water partition coefficient (Wildman–Crippen LogP) is 4.84. The molecule has 0 aliphatic heterocycles. The lowest BCUT2D eigenvalue weighted by Crippen LogP contribution is -2.11. The molecule has 0 saturated carbocycles. The minimum Gasteiger partial charge on any atom is -0.340 e. The Bertz CT molecular complexity index is 1130. The number of aromatic nitrogens is 3. The van der Waals surface area contributed by atoms with E-state index in [1.165, 1.54) is 6.33 Å². The molecule has 1 amide bonds. The molecule has 0 aliphatic rings. The molecule has 0 atom stereocenters. The number of carbonyl (C=O) groups is 1. The van der Waals surface area contributed by atoms with Gasteiger partial charge in [0.05, 0.1) is 0 Å². The summed E-state index contributed by atoms with van der Waals surface area (Å²) in [6.07, 6.45) is 6.76. The van der Waals surface area contributed by atoms with E-state index in [1.807, 2.05) is 55.5 Å². The van der Waals surface area contributed by atoms with Crippen molar-refractivity contribution in [3.8, 4) is 11.1 Å². The summed E-state index contributed by atoms with van der Waals surface area (Å²) in [5, 5.41) is 6.27. The van der Waals surface area contributed by atoms with Gasteiger partial charge in [-0.15, -0.1) is 0 Å². The molecule has 2 aromatic carbocycles. The monoisotopic (exact) mass is 381 g/mol. The standard InChI is InChI=1S/C23H19N5O/c1-16-7-8-20(27-23(29)17-5-3-2-4-6-17)12-21(16)28-22-11-18(9-10-26-22)19-13-24-15-25-14-19/h2-15H,1H3,(H,26,28)(H,27,29). The van der Waals surface area contributed by atoms with Crippen LogP contribution in [0.4, 0.5) is 17.2 Å². The first-order chi connectivity index (χ1) is 14.2. The van der Waals surface area contributed by atoms with Crippen molar-refractivity contribution in [2.75, 3.05) is 10.6 Å². The highest BCUT2D eigenvalue weighted by Gasteiger charge is 2.08. The number of carbonyl (C=O) groups excluding carboxylic acids is 1. The number of pyridine rings is 1. The molecule has 2 aromatic heterocycles. The van der Waals surface area contributed by atoms with Crippen LogP contribution in [-0.4, -0.2) is 20.9 Å². The van der Waals surface area contributed by atoms with Gasteiger partial charge in [0.1, 0.15) is 12.1 Å². The average Bonchev–Trinajstić information content (AvgIpc) is 2.77. The summed E-state index contributed by atoms with van der Waals surface area (Å²) in [6, 6.07) is 18.7. The topological polar surface area (TPSA) is 79.8 Å². The Morgan fingerprint density at radius 2 is 1.69 bits per heavy atom. The summed E-state index contributed by atoms with van der Waals surface area (Å²) in [4.78, 5) is 24.9. The minimum absolute atomic E-state index is 0.149. The maximum atomic E-state index is 12.4. The molecule has 0 aliphatic carbocycles. The van der Waals surface area contributed by atoms with Gasteiger partial charge in [0.2, 0.25) is 0 Å². The molecule has 4 aromatic rings. The first-order valence-corrected chi connectivity index (χ1v) is 9.14. The molecule has 142 valence electrons. The van der Waals surface area contributed by atoms with Crippen LogP contribution in [-0.2, 0) is 0 Å². The molecular weight excluding hydrogens is 362 g/mol. The van der Waals surface area contributed by atoms with Crippen LogP contribution >= 0.6 is 0 Å². The van der Waals surface area contributed by atoms with Crippen molar-refractivity contribution < 1.29 is 4.79 Å². The van der Waals surface area contributed by atoms with Gasteiger partial charge in [-0.2, -0.15) is 0 Å². The largest absolute Gasteiger partial charge is 0.340 e. The van der Waals surface area contributed by atoms with Gasteiger partial charge in [0, 0.05) is 41.1 Å². The Morgan fingerprint density at radius 1 is 0.897 bits per heavy atom. The van der Waals surface area contributed by atoms with Gasteiger partial charge in [-0.3, -0.25) is 4.79 Å². The molecule has 2 heterocycles. The number of aryl methyl sites for hydroxylation is 1. The van der Waals surface area contributed by atoms with Gasteiger partial charge in [-0.05, 0) is 54.4 Å². The van der Waals surface area contributed by atoms with Crippen molar-refractivity contribution in [3.05, 3.63) is 96.7 Å². The van der Waals surface area contributed by atoms with Gasteiger partial charge >= 0.3 is 0 Å². The molecule has 0 unspecified atom stereocenters. The Balaban J connectivity index is 1.55. The molecule has 0 spiro atoms. The quantitative estimate of drug-likeness (QED) is 0.517. The lowest BCUT2D eigenvalue weighted by atomic mass is 10.1. The molecule has 29 heavy (non-hydrogen) atoms. The van der Waals surface area contributed by atoms with E-state index < -0.39 is 0 Å². The van der Waals surface area contributed by atoms with E-state index in [1.54, 1.807) is 30.7 Å². The van der Waals surface area contributed by atoms with Gasteiger partial charge in [-0.1, -0.05) is 24.3 Å². The lowest BCUT2D eigenvalue weighted by Gasteiger charge is -2.13. The van der Waals surface area contributed by atoms with Crippen LogP contribution in [0.5, 0.6) is 0 Å². The highest BCUT2D eigenvalue weighted by molar-refractivity contribution is 6.04. The van der Waals surface area contributed by atoms with Gasteiger partial charge in [-0.25, -0.2) is 15.0 Å². The first-order valence-electron chi connectivity index (χ1n) is 9.14. The van der Waals surface area contributed by atoms with Crippen LogP contribution in [0, 0.1) is 6.92 Å². The van der Waals surface area contributed by atoms with E-state index in [-0.39, 0.29) is 5.91 Å². The molecule has 0 fully saturated rings. The second-order valence-electron chi connectivity index (χ2n) is 6.53. The van der Waals surface area contributed by atoms with Crippen LogP contribution in [0.15, 0.2) is 85.6 Å². The summed E-state index contributed by atoms with van der Waals surface area (Å²) >= 11 is 0. The van der Waals surface area contributed by atoms with E-state index >= 15 is 0 Å². The van der Waals surface area contributed by atoms with Crippen molar-refractivity contribution in [3.63, 3.8) is 0 Å². The molecule has 4 rings (SSSR count). The normalized spacial score (nSPS) is 10.4. The van der Waals surface area contributed by atoms with E-state index in [0.717, 1.165) is 22.4 Å². The number of benzene rings is 2. The van der Waals surface area contributed by atoms with Crippen LogP contribution in [0.25, 0.3) is 11.1 Å². The zero-order chi connectivity index (χ0) is 20.1. The van der Waals surface area contributed by atoms with Crippen LogP contribution in [0.3, 0.4) is 0 Å². The summed E-state index contributed by atoms with van der Waals surface area (Å²) in [6.45, 7) is 2.00. The van der Waals surface area contributed by atoms with Crippen molar-refractivity contribution in [2.45, 2.75) is 6.92 Å². The second-order valence-corrected chi connectivity index (χ2v) is 6.53. The van der Waals surface area contributed by atoms with Gasteiger partial charge in [0.15, 0.2) is 0 Å². The zero-order valence-corrected chi connectivity index (χ0v) is 15.8. The predicted molar refractivity (Wildman–Crippen MR) is 114 cm³/mol. The Morgan fingerprint density at radius 3 is 2.48 bits per heavy atom. The number of nitrogens with one attached hydrogen (secondary N) is 2. The maximum Gasteiger partial charge on any atom is 0.255 e. The van der Waals surface area contributed by atoms with E-state index in [0.29, 0.717) is 17.1 Å². The fourth-order valence-electron chi connectivity index (χ4n) is 2.89. The van der Waals surface area contributed by atoms with Crippen molar-refractivity contribution >= 4 is 23.1 Å². The number of amides is 1. The van der Waals surface area contributed by atoms with Gasteiger partial charge in [0.25, 0.3) is 5.91 Å². The third kappa shape index (κ3) is 4.44. The third-order valence-corrected chi connectivity index (χ3v) is 4.45. The average molecular weight is 381 g/mol. The lowest BCUT2D eigenvalue weighted by molar-refractivity contribution is 0.102.